The van der Waals surface area contributed by atoms with E-state index in [1.165, 1.54) is 12.8 Å². The molecule has 0 aromatic carbocycles. The monoisotopic (exact) mass is 226 g/mol. The molecule has 0 saturated heterocycles. The summed E-state index contributed by atoms with van der Waals surface area (Å²) in [6.45, 7) is 0.719. The van der Waals surface area contributed by atoms with Crippen molar-refractivity contribution in [3.63, 3.8) is 0 Å². The van der Waals surface area contributed by atoms with Gasteiger partial charge in [-0.2, -0.15) is 0 Å². The second kappa shape index (κ2) is 4.72. The van der Waals surface area contributed by atoms with E-state index >= 15 is 0 Å². The molecule has 2 aliphatic carbocycles. The van der Waals surface area contributed by atoms with Crippen molar-refractivity contribution in [2.75, 3.05) is 6.54 Å². The van der Waals surface area contributed by atoms with E-state index in [1.54, 1.807) is 0 Å². The molecule has 90 valence electrons. The Kier molecular flexibility index (Phi) is 3.31. The largest absolute Gasteiger partial charge is 0.481 e. The highest BCUT2D eigenvalue weighted by atomic mass is 16.4. The highest BCUT2D eigenvalue weighted by molar-refractivity contribution is 5.77. The van der Waals surface area contributed by atoms with Crippen LogP contribution in [0.2, 0.25) is 0 Å². The molecule has 5 nitrogen and oxygen atoms in total. The maximum Gasteiger partial charge on any atom is 0.315 e. The van der Waals surface area contributed by atoms with Gasteiger partial charge in [0.15, 0.2) is 0 Å². The van der Waals surface area contributed by atoms with Crippen LogP contribution in [0, 0.1) is 11.8 Å². The molecular formula is C11H18N2O3. The average molecular weight is 226 g/mol. The average Bonchev–Trinajstić information content (AvgIpc) is 2.95. The number of urea groups is 1. The van der Waals surface area contributed by atoms with E-state index in [0.717, 1.165) is 19.4 Å². The zero-order chi connectivity index (χ0) is 11.5. The van der Waals surface area contributed by atoms with Gasteiger partial charge in [0, 0.05) is 12.6 Å². The number of carbonyl (C=O) groups is 2. The maximum atomic E-state index is 11.5. The smallest absolute Gasteiger partial charge is 0.315 e. The van der Waals surface area contributed by atoms with Crippen LogP contribution in [0.1, 0.15) is 32.1 Å². The maximum absolute atomic E-state index is 11.5. The van der Waals surface area contributed by atoms with Crippen molar-refractivity contribution in [2.45, 2.75) is 38.1 Å². The van der Waals surface area contributed by atoms with Gasteiger partial charge in [0.25, 0.3) is 0 Å². The van der Waals surface area contributed by atoms with Gasteiger partial charge in [-0.3, -0.25) is 4.79 Å². The van der Waals surface area contributed by atoms with E-state index in [0.29, 0.717) is 12.3 Å². The zero-order valence-corrected chi connectivity index (χ0v) is 9.24. The Morgan fingerprint density at radius 3 is 2.56 bits per heavy atom. The third kappa shape index (κ3) is 2.87. The number of rotatable bonds is 4. The molecule has 0 bridgehead atoms. The van der Waals surface area contributed by atoms with Crippen molar-refractivity contribution in [3.8, 4) is 0 Å². The fourth-order valence-corrected chi connectivity index (χ4v) is 2.21. The van der Waals surface area contributed by atoms with Crippen LogP contribution in [0.15, 0.2) is 0 Å². The molecule has 2 unspecified atom stereocenters. The van der Waals surface area contributed by atoms with E-state index in [9.17, 15) is 9.59 Å². The quantitative estimate of drug-likeness (QED) is 0.667. The second-order valence-corrected chi connectivity index (χ2v) is 4.78. The summed E-state index contributed by atoms with van der Waals surface area (Å²) in [5.74, 6) is -0.568. The lowest BCUT2D eigenvalue weighted by Crippen LogP contribution is -2.45. The molecule has 3 N–H and O–H groups in total. The Bertz CT molecular complexity index is 289. The van der Waals surface area contributed by atoms with Crippen molar-refractivity contribution in [1.82, 2.24) is 10.6 Å². The van der Waals surface area contributed by atoms with Crippen molar-refractivity contribution >= 4 is 12.0 Å². The first-order valence-corrected chi connectivity index (χ1v) is 5.94. The summed E-state index contributed by atoms with van der Waals surface area (Å²) in [5, 5.41) is 14.5. The van der Waals surface area contributed by atoms with Gasteiger partial charge in [-0.05, 0) is 31.6 Å². The lowest BCUT2D eigenvalue weighted by molar-refractivity contribution is -0.142. The summed E-state index contributed by atoms with van der Waals surface area (Å²) in [7, 11) is 0. The SMILES string of the molecule is O=C(NCC1CC1)NC1CCCC1C(=O)O. The fraction of sp³-hybridized carbons (Fsp3) is 0.818. The first kappa shape index (κ1) is 11.2. The molecule has 2 fully saturated rings. The summed E-state index contributed by atoms with van der Waals surface area (Å²) < 4.78 is 0. The third-order valence-electron chi connectivity index (χ3n) is 3.40. The van der Waals surface area contributed by atoms with Gasteiger partial charge < -0.3 is 15.7 Å². The molecule has 2 saturated carbocycles. The molecule has 0 aliphatic heterocycles. The van der Waals surface area contributed by atoms with Crippen molar-refractivity contribution in [1.29, 1.82) is 0 Å². The minimum atomic E-state index is -0.801. The summed E-state index contributed by atoms with van der Waals surface area (Å²) in [5.41, 5.74) is 0. The predicted molar refractivity (Wildman–Crippen MR) is 58.0 cm³/mol. The summed E-state index contributed by atoms with van der Waals surface area (Å²) in [6, 6.07) is -0.415. The van der Waals surface area contributed by atoms with Crippen LogP contribution in [0.25, 0.3) is 0 Å². The Balaban J connectivity index is 1.74. The lowest BCUT2D eigenvalue weighted by Gasteiger charge is -2.17. The van der Waals surface area contributed by atoms with Gasteiger partial charge in [-0.15, -0.1) is 0 Å². The first-order chi connectivity index (χ1) is 7.66. The molecule has 16 heavy (non-hydrogen) atoms. The number of carboxylic acid groups (broad SMARTS) is 1. The molecule has 0 heterocycles. The Labute approximate surface area is 94.6 Å². The Morgan fingerprint density at radius 1 is 1.19 bits per heavy atom. The molecule has 0 aromatic heterocycles. The van der Waals surface area contributed by atoms with E-state index < -0.39 is 11.9 Å². The first-order valence-electron chi connectivity index (χ1n) is 5.94. The molecule has 2 amide bonds. The van der Waals surface area contributed by atoms with E-state index in [-0.39, 0.29) is 12.1 Å². The molecule has 0 radical (unpaired) electrons. The standard InChI is InChI=1S/C11H18N2O3/c14-10(15)8-2-1-3-9(8)13-11(16)12-6-7-4-5-7/h7-9H,1-6H2,(H,14,15)(H2,12,13,16). The molecule has 2 aliphatic rings. The third-order valence-corrected chi connectivity index (χ3v) is 3.40. The Morgan fingerprint density at radius 2 is 1.94 bits per heavy atom. The van der Waals surface area contributed by atoms with Crippen molar-refractivity contribution in [3.05, 3.63) is 0 Å². The van der Waals surface area contributed by atoms with Gasteiger partial charge in [-0.1, -0.05) is 6.42 Å². The van der Waals surface area contributed by atoms with Crippen LogP contribution < -0.4 is 10.6 Å². The van der Waals surface area contributed by atoms with E-state index in [4.69, 9.17) is 5.11 Å². The number of hydrogen-bond donors (Lipinski definition) is 3. The van der Waals surface area contributed by atoms with E-state index in [2.05, 4.69) is 10.6 Å². The van der Waals surface area contributed by atoms with Crippen LogP contribution >= 0.6 is 0 Å². The number of carbonyl (C=O) groups excluding carboxylic acids is 1. The van der Waals surface area contributed by atoms with Gasteiger partial charge in [0.1, 0.15) is 0 Å². The van der Waals surface area contributed by atoms with Gasteiger partial charge in [0.05, 0.1) is 5.92 Å². The summed E-state index contributed by atoms with van der Waals surface area (Å²) in [4.78, 5) is 22.4. The van der Waals surface area contributed by atoms with Gasteiger partial charge in [-0.25, -0.2) is 4.79 Å². The number of nitrogens with one attached hydrogen (secondary N) is 2. The van der Waals surface area contributed by atoms with Crippen molar-refractivity contribution in [2.24, 2.45) is 11.8 Å². The van der Waals surface area contributed by atoms with Gasteiger partial charge in [0.2, 0.25) is 0 Å². The normalized spacial score (nSPS) is 28.8. The molecule has 2 rings (SSSR count). The second-order valence-electron chi connectivity index (χ2n) is 4.78. The predicted octanol–water partition coefficient (Wildman–Crippen LogP) is 0.949. The fourth-order valence-electron chi connectivity index (χ4n) is 2.21. The summed E-state index contributed by atoms with van der Waals surface area (Å²) >= 11 is 0. The molecule has 0 spiro atoms. The topological polar surface area (TPSA) is 78.4 Å². The van der Waals surface area contributed by atoms with Crippen LogP contribution in [0.4, 0.5) is 4.79 Å². The number of amides is 2. The highest BCUT2D eigenvalue weighted by Gasteiger charge is 2.34. The summed E-state index contributed by atoms with van der Waals surface area (Å²) in [6.07, 6.45) is 4.71. The minimum Gasteiger partial charge on any atom is -0.481 e. The number of aliphatic carboxylic acids is 1. The number of carboxylic acids is 1. The van der Waals surface area contributed by atoms with Crippen LogP contribution in [-0.4, -0.2) is 29.7 Å². The van der Waals surface area contributed by atoms with Crippen molar-refractivity contribution < 1.29 is 14.7 Å². The molecule has 0 aromatic rings. The van der Waals surface area contributed by atoms with Gasteiger partial charge >= 0.3 is 12.0 Å². The number of hydrogen-bond acceptors (Lipinski definition) is 2. The lowest BCUT2D eigenvalue weighted by atomic mass is 10.0. The van der Waals surface area contributed by atoms with Crippen LogP contribution in [0.3, 0.4) is 0 Å². The molecular weight excluding hydrogens is 208 g/mol. The minimum absolute atomic E-state index is 0.197. The highest BCUT2D eigenvalue weighted by Crippen LogP contribution is 2.28. The van der Waals surface area contributed by atoms with E-state index in [1.807, 2.05) is 0 Å². The molecule has 5 heteroatoms. The Hall–Kier alpha value is -1.26. The van der Waals surface area contributed by atoms with Crippen LogP contribution in [0.5, 0.6) is 0 Å². The molecule has 2 atom stereocenters. The zero-order valence-electron chi connectivity index (χ0n) is 9.24. The van der Waals surface area contributed by atoms with Crippen LogP contribution in [-0.2, 0) is 4.79 Å².